The molecule has 0 spiro atoms. The Bertz CT molecular complexity index is 1050. The maximum absolute atomic E-state index is 12.2. The number of aliphatic hydroxyl groups excluding tert-OH is 2. The van der Waals surface area contributed by atoms with Crippen LogP contribution in [0, 0.1) is 6.92 Å². The van der Waals surface area contributed by atoms with Gasteiger partial charge >= 0.3 is 6.09 Å². The van der Waals surface area contributed by atoms with Crippen molar-refractivity contribution < 1.29 is 24.9 Å². The van der Waals surface area contributed by atoms with Crippen molar-refractivity contribution in [3.63, 3.8) is 0 Å². The van der Waals surface area contributed by atoms with Crippen LogP contribution < -0.4 is 5.32 Å². The van der Waals surface area contributed by atoms with Crippen LogP contribution in [0.1, 0.15) is 34.3 Å². The zero-order chi connectivity index (χ0) is 22.0. The smallest absolute Gasteiger partial charge is 0.407 e. The zero-order valence-corrected chi connectivity index (χ0v) is 17.2. The molecule has 6 heteroatoms. The first-order valence-electron chi connectivity index (χ1n) is 10.2. The molecule has 4 N–H and O–H groups in total. The van der Waals surface area contributed by atoms with Gasteiger partial charge < -0.3 is 25.4 Å². The molecule has 6 nitrogen and oxygen atoms in total. The number of hydrogen-bond donors (Lipinski definition) is 4. The van der Waals surface area contributed by atoms with Gasteiger partial charge in [0, 0.05) is 12.5 Å². The van der Waals surface area contributed by atoms with Crippen molar-refractivity contribution in [2.45, 2.75) is 25.0 Å². The van der Waals surface area contributed by atoms with E-state index in [1.165, 1.54) is 12.1 Å². The van der Waals surface area contributed by atoms with Crippen molar-refractivity contribution in [3.8, 4) is 16.9 Å². The first-order chi connectivity index (χ1) is 15.0. The number of aromatic hydroxyl groups is 1. The van der Waals surface area contributed by atoms with Crippen molar-refractivity contribution in [2.75, 3.05) is 13.2 Å². The fourth-order valence-corrected chi connectivity index (χ4v) is 4.03. The van der Waals surface area contributed by atoms with Crippen LogP contribution in [-0.2, 0) is 4.74 Å². The number of alkyl carbamates (subject to hydrolysis) is 1. The van der Waals surface area contributed by atoms with E-state index in [0.717, 1.165) is 22.3 Å². The predicted octanol–water partition coefficient (Wildman–Crippen LogP) is 3.63. The van der Waals surface area contributed by atoms with E-state index in [1.54, 1.807) is 13.0 Å². The molecule has 0 aliphatic heterocycles. The number of phenolic OH excluding ortho intramolecular Hbond substituents is 1. The number of carbonyl (C=O) groups is 1. The second-order valence-corrected chi connectivity index (χ2v) is 7.76. The number of hydrogen-bond acceptors (Lipinski definition) is 5. The number of benzene rings is 3. The molecule has 3 aromatic rings. The van der Waals surface area contributed by atoms with E-state index in [0.29, 0.717) is 11.1 Å². The topological polar surface area (TPSA) is 99.0 Å². The van der Waals surface area contributed by atoms with Gasteiger partial charge in [0.15, 0.2) is 0 Å². The van der Waals surface area contributed by atoms with Gasteiger partial charge in [-0.1, -0.05) is 54.6 Å². The Hall–Kier alpha value is -3.35. The minimum absolute atomic E-state index is 0.0476. The average Bonchev–Trinajstić information content (AvgIpc) is 3.11. The van der Waals surface area contributed by atoms with Crippen molar-refractivity contribution >= 4 is 6.09 Å². The van der Waals surface area contributed by atoms with E-state index in [-0.39, 0.29) is 24.8 Å². The van der Waals surface area contributed by atoms with Gasteiger partial charge in [-0.2, -0.15) is 0 Å². The summed E-state index contributed by atoms with van der Waals surface area (Å²) in [6, 6.07) is 20.7. The highest BCUT2D eigenvalue weighted by molar-refractivity contribution is 5.79. The van der Waals surface area contributed by atoms with Gasteiger partial charge in [0.1, 0.15) is 24.6 Å². The molecule has 1 aliphatic rings. The molecule has 2 atom stereocenters. The van der Waals surface area contributed by atoms with Gasteiger partial charge in [-0.05, 0) is 52.4 Å². The number of nitrogens with one attached hydrogen (secondary N) is 1. The molecule has 0 aromatic heterocycles. The summed E-state index contributed by atoms with van der Waals surface area (Å²) < 4.78 is 5.43. The van der Waals surface area contributed by atoms with Crippen molar-refractivity contribution in [3.05, 3.63) is 89.0 Å². The van der Waals surface area contributed by atoms with E-state index in [9.17, 15) is 20.1 Å². The van der Waals surface area contributed by atoms with Crippen LogP contribution in [0.3, 0.4) is 0 Å². The minimum atomic E-state index is -1.22. The second kappa shape index (κ2) is 8.79. The predicted molar refractivity (Wildman–Crippen MR) is 117 cm³/mol. The molecule has 0 radical (unpaired) electrons. The largest absolute Gasteiger partial charge is 0.508 e. The Morgan fingerprint density at radius 2 is 1.61 bits per heavy atom. The first-order valence-corrected chi connectivity index (χ1v) is 10.2. The minimum Gasteiger partial charge on any atom is -0.508 e. The first kappa shape index (κ1) is 20.9. The lowest BCUT2D eigenvalue weighted by Crippen LogP contribution is -2.36. The number of ether oxygens (including phenoxy) is 1. The highest BCUT2D eigenvalue weighted by Crippen LogP contribution is 2.44. The normalized spacial score (nSPS) is 14.4. The summed E-state index contributed by atoms with van der Waals surface area (Å²) in [6.45, 7) is 1.71. The standard InChI is InChI=1S/C25H25NO5/c1-15-12-16(10-11-22(15)27)24(29)23(28)13-26-25(30)31-14-21-19-8-4-2-6-17(19)18-7-3-5-9-20(18)21/h2-12,21,23-24,27-29H,13-14H2,1H3,(H,26,30). The summed E-state index contributed by atoms with van der Waals surface area (Å²) in [4.78, 5) is 12.2. The van der Waals surface area contributed by atoms with E-state index in [2.05, 4.69) is 17.4 Å². The van der Waals surface area contributed by atoms with Crippen molar-refractivity contribution in [2.24, 2.45) is 0 Å². The van der Waals surface area contributed by atoms with Gasteiger partial charge in [-0.15, -0.1) is 0 Å². The van der Waals surface area contributed by atoms with Gasteiger partial charge in [0.05, 0.1) is 0 Å². The lowest BCUT2D eigenvalue weighted by Gasteiger charge is -2.20. The summed E-state index contributed by atoms with van der Waals surface area (Å²) in [5.41, 5.74) is 5.58. The Balaban J connectivity index is 1.34. The number of aliphatic hydroxyl groups is 2. The molecular weight excluding hydrogens is 394 g/mol. The molecule has 4 rings (SSSR count). The Morgan fingerprint density at radius 3 is 2.23 bits per heavy atom. The zero-order valence-electron chi connectivity index (χ0n) is 17.2. The van der Waals surface area contributed by atoms with Crippen LogP contribution in [0.25, 0.3) is 11.1 Å². The van der Waals surface area contributed by atoms with E-state index < -0.39 is 18.3 Å². The lowest BCUT2D eigenvalue weighted by atomic mass is 9.98. The number of aryl methyl sites for hydroxylation is 1. The number of carbonyl (C=O) groups excluding carboxylic acids is 1. The number of fused-ring (bicyclic) bond motifs is 3. The number of amides is 1. The molecule has 31 heavy (non-hydrogen) atoms. The number of rotatable bonds is 6. The van der Waals surface area contributed by atoms with Crippen LogP contribution >= 0.6 is 0 Å². The lowest BCUT2D eigenvalue weighted by molar-refractivity contribution is 0.0185. The summed E-state index contributed by atoms with van der Waals surface area (Å²) in [6.07, 6.45) is -3.08. The Kier molecular flexibility index (Phi) is 5.93. The highest BCUT2D eigenvalue weighted by atomic mass is 16.5. The molecule has 3 aromatic carbocycles. The van der Waals surface area contributed by atoms with Crippen molar-refractivity contribution in [1.29, 1.82) is 0 Å². The molecule has 0 fully saturated rings. The van der Waals surface area contributed by atoms with Gasteiger partial charge in [-0.3, -0.25) is 0 Å². The molecule has 0 bridgehead atoms. The molecule has 2 unspecified atom stereocenters. The third kappa shape index (κ3) is 4.26. The fraction of sp³-hybridized carbons (Fsp3) is 0.240. The monoisotopic (exact) mass is 419 g/mol. The number of phenols is 1. The van der Waals surface area contributed by atoms with Crippen molar-refractivity contribution in [1.82, 2.24) is 5.32 Å². The summed E-state index contributed by atoms with van der Waals surface area (Å²) in [7, 11) is 0. The van der Waals surface area contributed by atoms with Crippen LogP contribution in [0.4, 0.5) is 4.79 Å². The van der Waals surface area contributed by atoms with Crippen LogP contribution in [0.2, 0.25) is 0 Å². The van der Waals surface area contributed by atoms with Crippen LogP contribution in [0.15, 0.2) is 66.7 Å². The Labute approximate surface area is 180 Å². The SMILES string of the molecule is Cc1cc(C(O)C(O)CNC(=O)OCC2c3ccccc3-c3ccccc32)ccc1O. The third-order valence-corrected chi connectivity index (χ3v) is 5.73. The van der Waals surface area contributed by atoms with E-state index in [1.807, 2.05) is 36.4 Å². The maximum Gasteiger partial charge on any atom is 0.407 e. The summed E-state index contributed by atoms with van der Waals surface area (Å²) in [5, 5.41) is 32.7. The molecule has 0 saturated carbocycles. The van der Waals surface area contributed by atoms with Gasteiger partial charge in [0.25, 0.3) is 0 Å². The quantitative estimate of drug-likeness (QED) is 0.489. The molecule has 1 amide bonds. The fourth-order valence-electron chi connectivity index (χ4n) is 4.03. The van der Waals surface area contributed by atoms with Crippen LogP contribution in [0.5, 0.6) is 5.75 Å². The Morgan fingerprint density at radius 1 is 1.00 bits per heavy atom. The van der Waals surface area contributed by atoms with E-state index in [4.69, 9.17) is 4.74 Å². The summed E-state index contributed by atoms with van der Waals surface area (Å²) >= 11 is 0. The third-order valence-electron chi connectivity index (χ3n) is 5.73. The highest BCUT2D eigenvalue weighted by Gasteiger charge is 2.29. The van der Waals surface area contributed by atoms with E-state index >= 15 is 0 Å². The summed E-state index contributed by atoms with van der Waals surface area (Å²) in [5.74, 6) is 0.0656. The molecule has 1 aliphatic carbocycles. The molecule has 0 saturated heterocycles. The molecular formula is C25H25NO5. The maximum atomic E-state index is 12.2. The second-order valence-electron chi connectivity index (χ2n) is 7.76. The molecule has 160 valence electrons. The van der Waals surface area contributed by atoms with Gasteiger partial charge in [-0.25, -0.2) is 4.79 Å². The van der Waals surface area contributed by atoms with Crippen LogP contribution in [-0.4, -0.2) is 40.7 Å². The molecule has 0 heterocycles. The average molecular weight is 419 g/mol. The van der Waals surface area contributed by atoms with Gasteiger partial charge in [0.2, 0.25) is 0 Å².